The summed E-state index contributed by atoms with van der Waals surface area (Å²) in [5, 5.41) is 3.35. The fraction of sp³-hybridized carbons (Fsp3) is 0.571. The Morgan fingerprint density at radius 1 is 1.35 bits per heavy atom. The molecule has 17 heavy (non-hydrogen) atoms. The molecule has 3 N–H and O–H groups in total. The lowest BCUT2D eigenvalue weighted by atomic mass is 10.0. The zero-order chi connectivity index (χ0) is 12.8. The Kier molecular flexibility index (Phi) is 5.45. The molecule has 0 radical (unpaired) electrons. The van der Waals surface area contributed by atoms with Crippen molar-refractivity contribution < 1.29 is 4.74 Å². The molecule has 3 heteroatoms. The van der Waals surface area contributed by atoms with E-state index in [2.05, 4.69) is 32.2 Å². The first-order chi connectivity index (χ1) is 8.08. The number of nitrogens with one attached hydrogen (secondary N) is 1. The monoisotopic (exact) mass is 236 g/mol. The fourth-order valence-electron chi connectivity index (χ4n) is 1.79. The number of benzene rings is 1. The van der Waals surface area contributed by atoms with Gasteiger partial charge < -0.3 is 15.8 Å². The SMILES string of the molecule is CCc1cc(C(N)CNC(C)C)ccc1OC. The van der Waals surface area contributed by atoms with Crippen molar-refractivity contribution in [2.24, 2.45) is 5.73 Å². The summed E-state index contributed by atoms with van der Waals surface area (Å²) in [5.41, 5.74) is 8.53. The van der Waals surface area contributed by atoms with Crippen LogP contribution >= 0.6 is 0 Å². The van der Waals surface area contributed by atoms with Gasteiger partial charge in [-0.3, -0.25) is 0 Å². The van der Waals surface area contributed by atoms with Crippen molar-refractivity contribution in [1.29, 1.82) is 0 Å². The molecule has 1 aromatic carbocycles. The van der Waals surface area contributed by atoms with Crippen molar-refractivity contribution in [1.82, 2.24) is 5.32 Å². The quantitative estimate of drug-likeness (QED) is 0.796. The van der Waals surface area contributed by atoms with E-state index in [-0.39, 0.29) is 6.04 Å². The Hall–Kier alpha value is -1.06. The molecule has 0 aliphatic carbocycles. The Labute approximate surface area is 104 Å². The molecular weight excluding hydrogens is 212 g/mol. The van der Waals surface area contributed by atoms with Gasteiger partial charge in [0, 0.05) is 18.6 Å². The van der Waals surface area contributed by atoms with Crippen molar-refractivity contribution in [3.8, 4) is 5.75 Å². The third kappa shape index (κ3) is 4.02. The van der Waals surface area contributed by atoms with Crippen LogP contribution in [0.3, 0.4) is 0 Å². The minimum absolute atomic E-state index is 0.0357. The van der Waals surface area contributed by atoms with Gasteiger partial charge in [0.15, 0.2) is 0 Å². The molecule has 1 aromatic rings. The van der Waals surface area contributed by atoms with E-state index in [1.165, 1.54) is 5.56 Å². The topological polar surface area (TPSA) is 47.3 Å². The smallest absolute Gasteiger partial charge is 0.122 e. The first-order valence-electron chi connectivity index (χ1n) is 6.24. The summed E-state index contributed by atoms with van der Waals surface area (Å²) in [7, 11) is 1.70. The maximum Gasteiger partial charge on any atom is 0.122 e. The predicted molar refractivity (Wildman–Crippen MR) is 72.4 cm³/mol. The highest BCUT2D eigenvalue weighted by Crippen LogP contribution is 2.22. The van der Waals surface area contributed by atoms with Crippen LogP contribution in [0.4, 0.5) is 0 Å². The number of aryl methyl sites for hydroxylation is 1. The summed E-state index contributed by atoms with van der Waals surface area (Å²) in [6.45, 7) is 7.17. The largest absolute Gasteiger partial charge is 0.496 e. The van der Waals surface area contributed by atoms with Crippen LogP contribution in [-0.4, -0.2) is 19.7 Å². The minimum atomic E-state index is 0.0357. The van der Waals surface area contributed by atoms with Gasteiger partial charge in [0.05, 0.1) is 7.11 Å². The molecule has 3 nitrogen and oxygen atoms in total. The van der Waals surface area contributed by atoms with E-state index in [4.69, 9.17) is 10.5 Å². The highest BCUT2D eigenvalue weighted by Gasteiger charge is 2.09. The number of ether oxygens (including phenoxy) is 1. The average molecular weight is 236 g/mol. The number of hydrogen-bond acceptors (Lipinski definition) is 3. The Morgan fingerprint density at radius 2 is 2.06 bits per heavy atom. The average Bonchev–Trinajstić information content (AvgIpc) is 2.34. The maximum absolute atomic E-state index is 6.16. The highest BCUT2D eigenvalue weighted by molar-refractivity contribution is 5.38. The lowest BCUT2D eigenvalue weighted by molar-refractivity contribution is 0.409. The first-order valence-corrected chi connectivity index (χ1v) is 6.24. The van der Waals surface area contributed by atoms with Gasteiger partial charge in [0.1, 0.15) is 5.75 Å². The molecule has 1 unspecified atom stereocenters. The molecule has 0 bridgehead atoms. The Balaban J connectivity index is 2.77. The summed E-state index contributed by atoms with van der Waals surface area (Å²) in [6, 6.07) is 6.69. The van der Waals surface area contributed by atoms with Gasteiger partial charge in [-0.25, -0.2) is 0 Å². The highest BCUT2D eigenvalue weighted by atomic mass is 16.5. The van der Waals surface area contributed by atoms with E-state index >= 15 is 0 Å². The maximum atomic E-state index is 6.16. The number of rotatable bonds is 6. The van der Waals surface area contributed by atoms with Crippen molar-refractivity contribution in [2.75, 3.05) is 13.7 Å². The standard InChI is InChI=1S/C14H24N2O/c1-5-11-8-12(6-7-14(11)17-4)13(15)9-16-10(2)3/h6-8,10,13,16H,5,9,15H2,1-4H3. The number of hydrogen-bond donors (Lipinski definition) is 2. The van der Waals surface area contributed by atoms with Gasteiger partial charge in [-0.2, -0.15) is 0 Å². The van der Waals surface area contributed by atoms with E-state index < -0.39 is 0 Å². The number of nitrogens with two attached hydrogens (primary N) is 1. The zero-order valence-corrected chi connectivity index (χ0v) is 11.3. The second-order valence-corrected chi connectivity index (χ2v) is 4.59. The van der Waals surface area contributed by atoms with E-state index in [1.807, 2.05) is 12.1 Å². The van der Waals surface area contributed by atoms with Gasteiger partial charge in [-0.05, 0) is 23.6 Å². The molecule has 0 heterocycles. The van der Waals surface area contributed by atoms with Crippen LogP contribution in [0.2, 0.25) is 0 Å². The lowest BCUT2D eigenvalue weighted by Gasteiger charge is -2.17. The van der Waals surface area contributed by atoms with Crippen LogP contribution in [0.1, 0.15) is 37.9 Å². The van der Waals surface area contributed by atoms with E-state index in [0.717, 1.165) is 24.3 Å². The predicted octanol–water partition coefficient (Wildman–Crippen LogP) is 2.26. The first kappa shape index (κ1) is 14.0. The third-order valence-corrected chi connectivity index (χ3v) is 2.86. The van der Waals surface area contributed by atoms with Crippen molar-refractivity contribution in [3.63, 3.8) is 0 Å². The summed E-state index contributed by atoms with van der Waals surface area (Å²) in [6.07, 6.45) is 0.960. The second kappa shape index (κ2) is 6.62. The molecule has 0 fully saturated rings. The van der Waals surface area contributed by atoms with Crippen LogP contribution in [0, 0.1) is 0 Å². The van der Waals surface area contributed by atoms with Crippen LogP contribution in [0.25, 0.3) is 0 Å². The molecule has 0 amide bonds. The van der Waals surface area contributed by atoms with E-state index in [1.54, 1.807) is 7.11 Å². The number of methoxy groups -OCH3 is 1. The molecular formula is C14H24N2O. The molecule has 0 spiro atoms. The van der Waals surface area contributed by atoms with Crippen LogP contribution in [0.5, 0.6) is 5.75 Å². The van der Waals surface area contributed by atoms with Gasteiger partial charge in [-0.15, -0.1) is 0 Å². The van der Waals surface area contributed by atoms with Crippen LogP contribution in [0.15, 0.2) is 18.2 Å². The van der Waals surface area contributed by atoms with Crippen LogP contribution in [-0.2, 0) is 6.42 Å². The fourth-order valence-corrected chi connectivity index (χ4v) is 1.79. The van der Waals surface area contributed by atoms with E-state index in [9.17, 15) is 0 Å². The van der Waals surface area contributed by atoms with Gasteiger partial charge in [0.2, 0.25) is 0 Å². The molecule has 1 atom stereocenters. The lowest BCUT2D eigenvalue weighted by Crippen LogP contribution is -2.31. The van der Waals surface area contributed by atoms with E-state index in [0.29, 0.717) is 6.04 Å². The summed E-state index contributed by atoms with van der Waals surface area (Å²) in [4.78, 5) is 0. The van der Waals surface area contributed by atoms with Crippen LogP contribution < -0.4 is 15.8 Å². The third-order valence-electron chi connectivity index (χ3n) is 2.86. The second-order valence-electron chi connectivity index (χ2n) is 4.59. The normalized spacial score (nSPS) is 12.8. The summed E-state index contributed by atoms with van der Waals surface area (Å²) < 4.78 is 5.31. The summed E-state index contributed by atoms with van der Waals surface area (Å²) >= 11 is 0. The van der Waals surface area contributed by atoms with Crippen molar-refractivity contribution in [3.05, 3.63) is 29.3 Å². The molecule has 0 saturated carbocycles. The van der Waals surface area contributed by atoms with Crippen molar-refractivity contribution in [2.45, 2.75) is 39.3 Å². The Morgan fingerprint density at radius 3 is 2.59 bits per heavy atom. The van der Waals surface area contributed by atoms with Gasteiger partial charge >= 0.3 is 0 Å². The molecule has 0 aliphatic rings. The molecule has 0 aliphatic heterocycles. The Bertz CT molecular complexity index is 350. The zero-order valence-electron chi connectivity index (χ0n) is 11.3. The minimum Gasteiger partial charge on any atom is -0.496 e. The van der Waals surface area contributed by atoms with Gasteiger partial charge in [-0.1, -0.05) is 32.9 Å². The molecule has 0 saturated heterocycles. The molecule has 0 aromatic heterocycles. The molecule has 1 rings (SSSR count). The molecule has 96 valence electrons. The van der Waals surface area contributed by atoms with Crippen molar-refractivity contribution >= 4 is 0 Å². The summed E-state index contributed by atoms with van der Waals surface area (Å²) in [5.74, 6) is 0.945. The van der Waals surface area contributed by atoms with Gasteiger partial charge in [0.25, 0.3) is 0 Å².